The van der Waals surface area contributed by atoms with Crippen molar-refractivity contribution in [1.29, 1.82) is 0 Å². The molecule has 110 valence electrons. The predicted octanol–water partition coefficient (Wildman–Crippen LogP) is 3.02. The van der Waals surface area contributed by atoms with Gasteiger partial charge < -0.3 is 10.2 Å². The third-order valence-corrected chi connectivity index (χ3v) is 5.34. The van der Waals surface area contributed by atoms with Crippen LogP contribution in [0.3, 0.4) is 0 Å². The van der Waals surface area contributed by atoms with Crippen molar-refractivity contribution >= 4 is 17.2 Å². The number of thiophene rings is 1. The molecule has 0 spiro atoms. The molecule has 0 radical (unpaired) electrons. The number of carbonyl (C=O) groups is 1. The third kappa shape index (κ3) is 2.77. The van der Waals surface area contributed by atoms with E-state index in [9.17, 15) is 4.79 Å². The van der Waals surface area contributed by atoms with Gasteiger partial charge in [0.1, 0.15) is 0 Å². The summed E-state index contributed by atoms with van der Waals surface area (Å²) in [6, 6.07) is 2.64. The first-order chi connectivity index (χ1) is 9.75. The minimum absolute atomic E-state index is 0.132. The number of amides is 1. The Morgan fingerprint density at radius 1 is 1.55 bits per heavy atom. The van der Waals surface area contributed by atoms with E-state index < -0.39 is 0 Å². The zero-order valence-corrected chi connectivity index (χ0v) is 13.0. The van der Waals surface area contributed by atoms with Gasteiger partial charge in [-0.05, 0) is 54.6 Å². The van der Waals surface area contributed by atoms with Crippen molar-refractivity contribution < 1.29 is 4.79 Å². The van der Waals surface area contributed by atoms with Crippen molar-refractivity contribution in [3.05, 3.63) is 22.4 Å². The van der Waals surface area contributed by atoms with Crippen molar-refractivity contribution in [2.45, 2.75) is 51.6 Å². The molecule has 4 heteroatoms. The fraction of sp³-hybridized carbons (Fsp3) is 0.688. The molecule has 1 aliphatic heterocycles. The van der Waals surface area contributed by atoms with Gasteiger partial charge in [0.15, 0.2) is 0 Å². The van der Waals surface area contributed by atoms with Gasteiger partial charge in [-0.25, -0.2) is 0 Å². The van der Waals surface area contributed by atoms with E-state index in [2.05, 4.69) is 34.0 Å². The number of hydrogen-bond donors (Lipinski definition) is 1. The molecule has 1 aromatic rings. The lowest BCUT2D eigenvalue weighted by atomic mass is 9.81. The molecule has 1 atom stereocenters. The van der Waals surface area contributed by atoms with Gasteiger partial charge in [0.05, 0.1) is 5.41 Å². The van der Waals surface area contributed by atoms with Crippen LogP contribution in [0.2, 0.25) is 0 Å². The highest BCUT2D eigenvalue weighted by molar-refractivity contribution is 7.07. The third-order valence-electron chi connectivity index (χ3n) is 4.61. The molecule has 20 heavy (non-hydrogen) atoms. The fourth-order valence-electron chi connectivity index (χ4n) is 3.36. The summed E-state index contributed by atoms with van der Waals surface area (Å²) in [5.41, 5.74) is 1.15. The maximum Gasteiger partial charge on any atom is 0.230 e. The molecule has 1 aliphatic carbocycles. The van der Waals surface area contributed by atoms with Gasteiger partial charge in [0.2, 0.25) is 5.91 Å². The van der Waals surface area contributed by atoms with E-state index in [1.165, 1.54) is 18.4 Å². The lowest BCUT2D eigenvalue weighted by molar-refractivity contribution is -0.143. The van der Waals surface area contributed by atoms with Crippen LogP contribution in [-0.2, 0) is 11.3 Å². The first kappa shape index (κ1) is 14.1. The topological polar surface area (TPSA) is 32.3 Å². The molecular formula is C16H24N2OS. The highest BCUT2D eigenvalue weighted by Crippen LogP contribution is 2.38. The molecule has 2 heterocycles. The van der Waals surface area contributed by atoms with Gasteiger partial charge in [0.25, 0.3) is 0 Å². The summed E-state index contributed by atoms with van der Waals surface area (Å²) in [5, 5.41) is 7.68. The van der Waals surface area contributed by atoms with E-state index in [0.717, 1.165) is 38.9 Å². The van der Waals surface area contributed by atoms with Crippen LogP contribution < -0.4 is 5.32 Å². The lowest BCUT2D eigenvalue weighted by Crippen LogP contribution is -2.46. The number of carbonyl (C=O) groups excluding carboxylic acids is 1. The lowest BCUT2D eigenvalue weighted by Gasteiger charge is -2.34. The quantitative estimate of drug-likeness (QED) is 0.874. The van der Waals surface area contributed by atoms with Crippen molar-refractivity contribution in [2.24, 2.45) is 5.41 Å². The first-order valence-electron chi connectivity index (χ1n) is 7.78. The van der Waals surface area contributed by atoms with E-state index in [1.807, 2.05) is 0 Å². The monoisotopic (exact) mass is 292 g/mol. The van der Waals surface area contributed by atoms with Crippen molar-refractivity contribution in [1.82, 2.24) is 10.2 Å². The normalized spacial score (nSPS) is 25.9. The van der Waals surface area contributed by atoms with E-state index in [0.29, 0.717) is 11.9 Å². The van der Waals surface area contributed by atoms with Crippen molar-refractivity contribution in [3.8, 4) is 0 Å². The maximum atomic E-state index is 13.2. The van der Waals surface area contributed by atoms with Crippen molar-refractivity contribution in [2.75, 3.05) is 13.1 Å². The van der Waals surface area contributed by atoms with Crippen LogP contribution in [-0.4, -0.2) is 29.9 Å². The van der Waals surface area contributed by atoms with Gasteiger partial charge in [-0.15, -0.1) is 0 Å². The molecule has 1 amide bonds. The SMILES string of the molecule is CCCC1(C(=O)N(Cc2ccsc2)C2CC2)CCNC1. The summed E-state index contributed by atoms with van der Waals surface area (Å²) in [4.78, 5) is 15.3. The van der Waals surface area contributed by atoms with Gasteiger partial charge >= 0.3 is 0 Å². The number of hydrogen-bond acceptors (Lipinski definition) is 3. The second kappa shape index (κ2) is 5.86. The highest BCUT2D eigenvalue weighted by Gasteiger charge is 2.46. The Morgan fingerprint density at radius 2 is 2.40 bits per heavy atom. The van der Waals surface area contributed by atoms with Crippen LogP contribution in [0.15, 0.2) is 16.8 Å². The van der Waals surface area contributed by atoms with Crippen molar-refractivity contribution in [3.63, 3.8) is 0 Å². The molecule has 1 saturated carbocycles. The fourth-order valence-corrected chi connectivity index (χ4v) is 4.02. The number of nitrogens with one attached hydrogen (secondary N) is 1. The Morgan fingerprint density at radius 3 is 2.95 bits per heavy atom. The van der Waals surface area contributed by atoms with Crippen LogP contribution in [0, 0.1) is 5.41 Å². The van der Waals surface area contributed by atoms with Crippen LogP contribution in [0.25, 0.3) is 0 Å². The zero-order chi connectivity index (χ0) is 14.0. The molecule has 3 nitrogen and oxygen atoms in total. The van der Waals surface area contributed by atoms with Gasteiger partial charge in [-0.3, -0.25) is 4.79 Å². The maximum absolute atomic E-state index is 13.2. The van der Waals surface area contributed by atoms with Gasteiger partial charge in [-0.1, -0.05) is 13.3 Å². The predicted molar refractivity (Wildman–Crippen MR) is 82.7 cm³/mol. The van der Waals surface area contributed by atoms with Gasteiger partial charge in [0, 0.05) is 19.1 Å². The molecule has 1 N–H and O–H groups in total. The first-order valence-corrected chi connectivity index (χ1v) is 8.72. The smallest absolute Gasteiger partial charge is 0.230 e. The molecular weight excluding hydrogens is 268 g/mol. The summed E-state index contributed by atoms with van der Waals surface area (Å²) >= 11 is 1.72. The number of nitrogens with zero attached hydrogens (tertiary/aromatic N) is 1. The molecule has 1 aromatic heterocycles. The Balaban J connectivity index is 1.77. The Bertz CT molecular complexity index is 447. The molecule has 2 aliphatic rings. The molecule has 0 bridgehead atoms. The average molecular weight is 292 g/mol. The molecule has 1 saturated heterocycles. The Labute approximate surface area is 125 Å². The summed E-state index contributed by atoms with van der Waals surface area (Å²) in [6.07, 6.45) is 5.49. The Hall–Kier alpha value is -0.870. The van der Waals surface area contributed by atoms with Crippen LogP contribution in [0.4, 0.5) is 0 Å². The minimum atomic E-state index is -0.132. The summed E-state index contributed by atoms with van der Waals surface area (Å²) < 4.78 is 0. The van der Waals surface area contributed by atoms with E-state index >= 15 is 0 Å². The average Bonchev–Trinajstić information content (AvgIpc) is 2.97. The largest absolute Gasteiger partial charge is 0.335 e. The molecule has 0 aromatic carbocycles. The second-order valence-corrected chi connectivity index (χ2v) is 7.03. The molecule has 3 rings (SSSR count). The van der Waals surface area contributed by atoms with E-state index in [4.69, 9.17) is 0 Å². The Kier molecular flexibility index (Phi) is 4.13. The molecule has 2 fully saturated rings. The summed E-state index contributed by atoms with van der Waals surface area (Å²) in [6.45, 7) is 4.85. The summed E-state index contributed by atoms with van der Waals surface area (Å²) in [7, 11) is 0. The standard InChI is InChI=1S/C16H24N2OS/c1-2-6-16(7-8-17-12-16)15(19)18(14-3-4-14)10-13-5-9-20-11-13/h5,9,11,14,17H,2-4,6-8,10,12H2,1H3. The zero-order valence-electron chi connectivity index (χ0n) is 12.2. The minimum Gasteiger partial charge on any atom is -0.335 e. The van der Waals surface area contributed by atoms with Crippen LogP contribution in [0.1, 0.15) is 44.6 Å². The second-order valence-electron chi connectivity index (χ2n) is 6.25. The number of rotatable bonds is 6. The van der Waals surface area contributed by atoms with Crippen LogP contribution >= 0.6 is 11.3 Å². The highest BCUT2D eigenvalue weighted by atomic mass is 32.1. The summed E-state index contributed by atoms with van der Waals surface area (Å²) in [5.74, 6) is 0.401. The van der Waals surface area contributed by atoms with Gasteiger partial charge in [-0.2, -0.15) is 11.3 Å². The van der Waals surface area contributed by atoms with Crippen LogP contribution in [0.5, 0.6) is 0 Å². The van der Waals surface area contributed by atoms with E-state index in [-0.39, 0.29) is 5.41 Å². The van der Waals surface area contributed by atoms with E-state index in [1.54, 1.807) is 11.3 Å². The molecule has 1 unspecified atom stereocenters.